The van der Waals surface area contributed by atoms with Crippen LogP contribution >= 0.6 is 0 Å². The molecule has 1 heterocycles. The Kier molecular flexibility index (Phi) is 5.20. The van der Waals surface area contributed by atoms with E-state index in [4.69, 9.17) is 23.6 Å². The maximum atomic E-state index is 6.17. The molecule has 1 aromatic heterocycles. The second-order valence-electron chi connectivity index (χ2n) is 6.37. The molecule has 0 unspecified atom stereocenters. The van der Waals surface area contributed by atoms with Gasteiger partial charge in [0.1, 0.15) is 34.3 Å². The molecule has 5 nitrogen and oxygen atoms in total. The van der Waals surface area contributed by atoms with E-state index < -0.39 is 0 Å². The van der Waals surface area contributed by atoms with Crippen LogP contribution in [0.3, 0.4) is 0 Å². The zero-order valence-electron chi connectivity index (χ0n) is 16.5. The van der Waals surface area contributed by atoms with Crippen LogP contribution in [0.25, 0.3) is 22.3 Å². The van der Waals surface area contributed by atoms with Crippen molar-refractivity contribution in [2.75, 3.05) is 21.3 Å². The third kappa shape index (κ3) is 3.80. The SMILES string of the molecule is COc1ccc(-c2cc(=Nc3ccccc3OC)c3cc(OC)ccc3o2)cc1. The Bertz CT molecular complexity index is 1210. The van der Waals surface area contributed by atoms with Crippen LogP contribution in [0.4, 0.5) is 5.69 Å². The van der Waals surface area contributed by atoms with Crippen LogP contribution in [-0.4, -0.2) is 21.3 Å². The van der Waals surface area contributed by atoms with Gasteiger partial charge in [-0.15, -0.1) is 0 Å². The topological polar surface area (TPSA) is 53.2 Å². The molecule has 4 rings (SSSR count). The first-order valence-electron chi connectivity index (χ1n) is 9.16. The molecule has 0 aliphatic rings. The highest BCUT2D eigenvalue weighted by molar-refractivity contribution is 5.80. The average molecular weight is 387 g/mol. The van der Waals surface area contributed by atoms with Gasteiger partial charge in [0, 0.05) is 17.0 Å². The third-order valence-corrected chi connectivity index (χ3v) is 4.65. The molecule has 29 heavy (non-hydrogen) atoms. The van der Waals surface area contributed by atoms with Gasteiger partial charge >= 0.3 is 0 Å². The number of ether oxygens (including phenoxy) is 3. The zero-order valence-corrected chi connectivity index (χ0v) is 16.5. The number of nitrogens with zero attached hydrogens (tertiary/aromatic N) is 1. The summed E-state index contributed by atoms with van der Waals surface area (Å²) in [6.07, 6.45) is 0. The highest BCUT2D eigenvalue weighted by Crippen LogP contribution is 2.29. The zero-order chi connectivity index (χ0) is 20.2. The fourth-order valence-corrected chi connectivity index (χ4v) is 3.12. The lowest BCUT2D eigenvalue weighted by atomic mass is 10.1. The molecule has 0 spiro atoms. The second-order valence-corrected chi connectivity index (χ2v) is 6.37. The summed E-state index contributed by atoms with van der Waals surface area (Å²) in [6.45, 7) is 0. The first kappa shape index (κ1) is 18.6. The average Bonchev–Trinajstić information content (AvgIpc) is 2.79. The first-order valence-corrected chi connectivity index (χ1v) is 9.16. The molecule has 0 amide bonds. The van der Waals surface area contributed by atoms with Crippen molar-refractivity contribution in [2.24, 2.45) is 4.99 Å². The minimum atomic E-state index is 0.704. The Morgan fingerprint density at radius 2 is 1.45 bits per heavy atom. The van der Waals surface area contributed by atoms with Crippen molar-refractivity contribution in [2.45, 2.75) is 0 Å². The van der Waals surface area contributed by atoms with E-state index in [2.05, 4.69) is 0 Å². The fraction of sp³-hybridized carbons (Fsp3) is 0.125. The Hall–Kier alpha value is -3.73. The van der Waals surface area contributed by atoms with E-state index in [9.17, 15) is 0 Å². The molecule has 0 aliphatic heterocycles. The van der Waals surface area contributed by atoms with Crippen LogP contribution in [0.5, 0.6) is 17.2 Å². The standard InChI is InChI=1S/C24H21NO4/c1-26-17-10-8-16(9-11-17)24-15-21(25-20-6-4-5-7-23(20)28-3)19-14-18(27-2)12-13-22(19)29-24/h4-15H,1-3H3. The van der Waals surface area contributed by atoms with Gasteiger partial charge in [0.25, 0.3) is 0 Å². The summed E-state index contributed by atoms with van der Waals surface area (Å²) in [5.41, 5.74) is 2.39. The molecule has 0 bridgehead atoms. The molecule has 0 radical (unpaired) electrons. The van der Waals surface area contributed by atoms with Crippen molar-refractivity contribution < 1.29 is 18.6 Å². The second kappa shape index (κ2) is 8.10. The van der Waals surface area contributed by atoms with E-state index in [0.29, 0.717) is 17.1 Å². The monoisotopic (exact) mass is 387 g/mol. The highest BCUT2D eigenvalue weighted by Gasteiger charge is 2.09. The molecule has 4 aromatic rings. The number of benzene rings is 3. The number of hydrogen-bond acceptors (Lipinski definition) is 5. The molecule has 146 valence electrons. The summed E-state index contributed by atoms with van der Waals surface area (Å²) >= 11 is 0. The predicted molar refractivity (Wildman–Crippen MR) is 113 cm³/mol. The summed E-state index contributed by atoms with van der Waals surface area (Å²) < 4.78 is 22.3. The minimum absolute atomic E-state index is 0.704. The lowest BCUT2D eigenvalue weighted by Crippen LogP contribution is -2.04. The molecule has 0 fully saturated rings. The van der Waals surface area contributed by atoms with Crippen LogP contribution < -0.4 is 19.6 Å². The first-order chi connectivity index (χ1) is 14.2. The van der Waals surface area contributed by atoms with Crippen LogP contribution in [0, 0.1) is 0 Å². The summed E-state index contributed by atoms with van der Waals surface area (Å²) in [6, 6.07) is 23.0. The molecule has 0 N–H and O–H groups in total. The Morgan fingerprint density at radius 3 is 2.17 bits per heavy atom. The van der Waals surface area contributed by atoms with Gasteiger partial charge in [-0.2, -0.15) is 0 Å². The molecule has 0 atom stereocenters. The summed E-state index contributed by atoms with van der Waals surface area (Å²) in [4.78, 5) is 4.87. The third-order valence-electron chi connectivity index (χ3n) is 4.65. The fourth-order valence-electron chi connectivity index (χ4n) is 3.12. The predicted octanol–water partition coefficient (Wildman–Crippen LogP) is 5.36. The number of rotatable bonds is 5. The highest BCUT2D eigenvalue weighted by atomic mass is 16.5. The normalized spacial score (nSPS) is 11.5. The van der Waals surface area contributed by atoms with Crippen LogP contribution in [-0.2, 0) is 0 Å². The van der Waals surface area contributed by atoms with E-state index in [1.165, 1.54) is 0 Å². The summed E-state index contributed by atoms with van der Waals surface area (Å²) in [5.74, 6) is 2.94. The molecule has 0 saturated heterocycles. The van der Waals surface area contributed by atoms with Crippen molar-refractivity contribution in [3.63, 3.8) is 0 Å². The lowest BCUT2D eigenvalue weighted by Gasteiger charge is -2.08. The number of fused-ring (bicyclic) bond motifs is 1. The Balaban J connectivity index is 1.97. The van der Waals surface area contributed by atoms with Crippen molar-refractivity contribution >= 4 is 16.7 Å². The number of para-hydroxylation sites is 2. The van der Waals surface area contributed by atoms with Crippen molar-refractivity contribution in [3.05, 3.63) is 78.2 Å². The van der Waals surface area contributed by atoms with Crippen molar-refractivity contribution in [1.29, 1.82) is 0 Å². The Labute approximate surface area is 168 Å². The summed E-state index contributed by atoms with van der Waals surface area (Å²) in [5, 5.41) is 1.62. The molecule has 5 heteroatoms. The van der Waals surface area contributed by atoms with Gasteiger partial charge in [-0.1, -0.05) is 12.1 Å². The van der Waals surface area contributed by atoms with E-state index in [-0.39, 0.29) is 0 Å². The molecule has 0 aliphatic carbocycles. The van der Waals surface area contributed by atoms with Gasteiger partial charge in [0.2, 0.25) is 0 Å². The van der Waals surface area contributed by atoms with E-state index >= 15 is 0 Å². The van der Waals surface area contributed by atoms with Gasteiger partial charge in [-0.3, -0.25) is 0 Å². The van der Waals surface area contributed by atoms with Crippen molar-refractivity contribution in [1.82, 2.24) is 0 Å². The van der Waals surface area contributed by atoms with E-state index in [1.54, 1.807) is 21.3 Å². The molecular weight excluding hydrogens is 366 g/mol. The Morgan fingerprint density at radius 1 is 0.724 bits per heavy atom. The quantitative estimate of drug-likeness (QED) is 0.463. The number of hydrogen-bond donors (Lipinski definition) is 0. The largest absolute Gasteiger partial charge is 0.497 e. The lowest BCUT2D eigenvalue weighted by molar-refractivity contribution is 0.414. The van der Waals surface area contributed by atoms with E-state index in [0.717, 1.165) is 33.5 Å². The molecule has 3 aromatic carbocycles. The molecular formula is C24H21NO4. The number of methoxy groups -OCH3 is 3. The maximum Gasteiger partial charge on any atom is 0.144 e. The van der Waals surface area contributed by atoms with Gasteiger partial charge < -0.3 is 18.6 Å². The van der Waals surface area contributed by atoms with Crippen LogP contribution in [0.15, 0.2) is 82.2 Å². The van der Waals surface area contributed by atoms with Gasteiger partial charge in [-0.05, 0) is 54.6 Å². The maximum absolute atomic E-state index is 6.17. The van der Waals surface area contributed by atoms with Gasteiger partial charge in [-0.25, -0.2) is 4.99 Å². The smallest absolute Gasteiger partial charge is 0.144 e. The van der Waals surface area contributed by atoms with Crippen molar-refractivity contribution in [3.8, 4) is 28.6 Å². The molecule has 0 saturated carbocycles. The van der Waals surface area contributed by atoms with Crippen LogP contribution in [0.1, 0.15) is 0 Å². The van der Waals surface area contributed by atoms with Gasteiger partial charge in [0.15, 0.2) is 0 Å². The summed E-state index contributed by atoms with van der Waals surface area (Å²) in [7, 11) is 4.92. The minimum Gasteiger partial charge on any atom is -0.497 e. The van der Waals surface area contributed by atoms with E-state index in [1.807, 2.05) is 72.8 Å². The van der Waals surface area contributed by atoms with Gasteiger partial charge in [0.05, 0.1) is 26.7 Å². The van der Waals surface area contributed by atoms with Crippen LogP contribution in [0.2, 0.25) is 0 Å².